The number of aliphatic hydroxyl groups excluding tert-OH is 2. The van der Waals surface area contributed by atoms with Gasteiger partial charge in [0.15, 0.2) is 18.2 Å². The van der Waals surface area contributed by atoms with Crippen molar-refractivity contribution >= 4 is 0 Å². The van der Waals surface area contributed by atoms with E-state index in [-0.39, 0.29) is 13.0 Å². The van der Waals surface area contributed by atoms with Crippen molar-refractivity contribution in [2.45, 2.75) is 31.2 Å². The topological polar surface area (TPSA) is 109 Å². The number of methoxy groups -OCH3 is 2. The van der Waals surface area contributed by atoms with Crippen LogP contribution in [0.5, 0.6) is 11.5 Å². The predicted octanol–water partition coefficient (Wildman–Crippen LogP) is -0.863. The van der Waals surface area contributed by atoms with Gasteiger partial charge in [0, 0.05) is 17.5 Å². The maximum atomic E-state index is 9.45. The lowest BCUT2D eigenvalue weighted by Gasteiger charge is -2.40. The van der Waals surface area contributed by atoms with Crippen molar-refractivity contribution in [1.82, 2.24) is 0 Å². The Morgan fingerprint density at radius 3 is 1.95 bits per heavy atom. The van der Waals surface area contributed by atoms with Crippen molar-refractivity contribution in [3.63, 3.8) is 0 Å². The second-order valence-electron chi connectivity index (χ2n) is 4.59. The quantitative estimate of drug-likeness (QED) is 0.533. The maximum absolute atomic E-state index is 9.45. The smallest absolute Gasteiger partial charge is 0.186 e. The molecule has 0 fully saturated rings. The van der Waals surface area contributed by atoms with Crippen molar-refractivity contribution < 1.29 is 34.6 Å². The molecule has 4 N–H and O–H groups in total. The van der Waals surface area contributed by atoms with Gasteiger partial charge in [-0.1, -0.05) is 0 Å². The first-order valence-corrected chi connectivity index (χ1v) is 6.05. The van der Waals surface area contributed by atoms with Crippen molar-refractivity contribution in [2.24, 2.45) is 0 Å². The van der Waals surface area contributed by atoms with Gasteiger partial charge in [-0.3, -0.25) is 0 Å². The first-order chi connectivity index (χ1) is 9.46. The van der Waals surface area contributed by atoms with Gasteiger partial charge >= 0.3 is 0 Å². The molecule has 0 radical (unpaired) electrons. The molecule has 0 bridgehead atoms. The minimum absolute atomic E-state index is 0.0506. The molecule has 0 spiro atoms. The molecular formula is C13H18O7. The van der Waals surface area contributed by atoms with Crippen LogP contribution in [0.4, 0.5) is 0 Å². The van der Waals surface area contributed by atoms with E-state index in [1.165, 1.54) is 14.2 Å². The van der Waals surface area contributed by atoms with Crippen LogP contribution in [0.25, 0.3) is 0 Å². The van der Waals surface area contributed by atoms with E-state index < -0.39 is 18.2 Å². The Kier molecular flexibility index (Phi) is 4.17. The van der Waals surface area contributed by atoms with Crippen LogP contribution in [0, 0.1) is 0 Å². The summed E-state index contributed by atoms with van der Waals surface area (Å²) in [6, 6.07) is 3.38. The molecule has 20 heavy (non-hydrogen) atoms. The summed E-state index contributed by atoms with van der Waals surface area (Å²) in [6.45, 7) is -0.0506. The van der Waals surface area contributed by atoms with Crippen LogP contribution in [0.2, 0.25) is 0 Å². The molecular weight excluding hydrogens is 268 g/mol. The van der Waals surface area contributed by atoms with Crippen LogP contribution in [-0.4, -0.2) is 52.8 Å². The lowest BCUT2D eigenvalue weighted by Crippen LogP contribution is -2.57. The van der Waals surface area contributed by atoms with Gasteiger partial charge in [-0.15, -0.1) is 0 Å². The molecule has 1 heterocycles. The first-order valence-electron chi connectivity index (χ1n) is 6.05. The number of rotatable bonds is 4. The third-order valence-corrected chi connectivity index (χ3v) is 3.60. The molecule has 0 aromatic heterocycles. The lowest BCUT2D eigenvalue weighted by atomic mass is 9.86. The summed E-state index contributed by atoms with van der Waals surface area (Å²) in [5, 5.41) is 37.8. The molecule has 1 aliphatic heterocycles. The van der Waals surface area contributed by atoms with Gasteiger partial charge in [-0.2, -0.15) is 0 Å². The second-order valence-corrected chi connectivity index (χ2v) is 4.59. The Morgan fingerprint density at radius 2 is 1.50 bits per heavy atom. The maximum Gasteiger partial charge on any atom is 0.186 e. The first kappa shape index (κ1) is 15.0. The zero-order chi connectivity index (χ0) is 14.9. The highest BCUT2D eigenvalue weighted by Crippen LogP contribution is 2.40. The molecule has 0 saturated carbocycles. The fourth-order valence-electron chi connectivity index (χ4n) is 2.38. The molecule has 1 aliphatic rings. The highest BCUT2D eigenvalue weighted by Gasteiger charge is 2.49. The lowest BCUT2D eigenvalue weighted by molar-refractivity contribution is -0.300. The second kappa shape index (κ2) is 5.55. The zero-order valence-electron chi connectivity index (χ0n) is 11.2. The van der Waals surface area contributed by atoms with E-state index >= 15 is 0 Å². The number of benzene rings is 1. The van der Waals surface area contributed by atoms with E-state index in [0.717, 1.165) is 0 Å². The third kappa shape index (κ3) is 2.23. The number of hydrogen-bond acceptors (Lipinski definition) is 7. The third-order valence-electron chi connectivity index (χ3n) is 3.60. The Bertz CT molecular complexity index is 476. The van der Waals surface area contributed by atoms with Crippen LogP contribution in [0.1, 0.15) is 11.1 Å². The average Bonchev–Trinajstić information content (AvgIpc) is 2.44. The molecule has 0 unspecified atom stereocenters. The van der Waals surface area contributed by atoms with Gasteiger partial charge in [0.1, 0.15) is 11.5 Å². The predicted molar refractivity (Wildman–Crippen MR) is 67.2 cm³/mol. The minimum atomic E-state index is -2.05. The molecule has 0 atom stereocenters. The SMILES string of the molecule is COc1ccc(OC)c2c1COC(C(O)O)(C(O)O)C2. The van der Waals surface area contributed by atoms with Crippen LogP contribution in [0.15, 0.2) is 12.1 Å². The van der Waals surface area contributed by atoms with E-state index in [1.807, 2.05) is 0 Å². The Labute approximate surface area is 115 Å². The summed E-state index contributed by atoms with van der Waals surface area (Å²) in [6.07, 6.45) is -4.23. The summed E-state index contributed by atoms with van der Waals surface area (Å²) >= 11 is 0. The van der Waals surface area contributed by atoms with Crippen LogP contribution in [0.3, 0.4) is 0 Å². The van der Waals surface area contributed by atoms with Crippen molar-refractivity contribution in [3.8, 4) is 11.5 Å². The van der Waals surface area contributed by atoms with Gasteiger partial charge in [0.2, 0.25) is 0 Å². The normalized spacial score (nSPS) is 17.2. The van der Waals surface area contributed by atoms with Gasteiger partial charge in [-0.05, 0) is 12.1 Å². The number of ether oxygens (including phenoxy) is 3. The molecule has 1 aromatic rings. The zero-order valence-corrected chi connectivity index (χ0v) is 11.2. The monoisotopic (exact) mass is 286 g/mol. The molecule has 0 aliphatic carbocycles. The summed E-state index contributed by atoms with van der Waals surface area (Å²) in [4.78, 5) is 0. The fourth-order valence-corrected chi connectivity index (χ4v) is 2.38. The van der Waals surface area contributed by atoms with E-state index in [9.17, 15) is 20.4 Å². The Balaban J connectivity index is 2.52. The van der Waals surface area contributed by atoms with Crippen LogP contribution < -0.4 is 9.47 Å². The average molecular weight is 286 g/mol. The Morgan fingerprint density at radius 1 is 1.00 bits per heavy atom. The highest BCUT2D eigenvalue weighted by atomic mass is 16.6. The van der Waals surface area contributed by atoms with E-state index in [0.29, 0.717) is 22.6 Å². The summed E-state index contributed by atoms with van der Waals surface area (Å²) in [7, 11) is 2.98. The van der Waals surface area contributed by atoms with Gasteiger partial charge in [0.25, 0.3) is 0 Å². The summed E-state index contributed by atoms with van der Waals surface area (Å²) in [5.41, 5.74) is -0.629. The summed E-state index contributed by atoms with van der Waals surface area (Å²) < 4.78 is 15.8. The largest absolute Gasteiger partial charge is 0.496 e. The molecule has 2 rings (SSSR count). The van der Waals surface area contributed by atoms with Gasteiger partial charge in [0.05, 0.1) is 20.8 Å². The molecule has 7 nitrogen and oxygen atoms in total. The van der Waals surface area contributed by atoms with Gasteiger partial charge < -0.3 is 34.6 Å². The highest BCUT2D eigenvalue weighted by molar-refractivity contribution is 5.50. The molecule has 0 amide bonds. The standard InChI is InChI=1S/C13H18O7/c1-18-9-3-4-10(19-2)8-6-20-13(11(14)15,12(16)17)5-7(8)9/h3-4,11-12,14-17H,5-6H2,1-2H3. The van der Waals surface area contributed by atoms with Crippen LogP contribution >= 0.6 is 0 Å². The summed E-state index contributed by atoms with van der Waals surface area (Å²) in [5.74, 6) is 1.06. The van der Waals surface area contributed by atoms with Crippen molar-refractivity contribution in [1.29, 1.82) is 0 Å². The fraction of sp³-hybridized carbons (Fsp3) is 0.538. The van der Waals surface area contributed by atoms with Gasteiger partial charge in [-0.25, -0.2) is 0 Å². The molecule has 7 heteroatoms. The van der Waals surface area contributed by atoms with Crippen molar-refractivity contribution in [3.05, 3.63) is 23.3 Å². The van der Waals surface area contributed by atoms with E-state index in [1.54, 1.807) is 12.1 Å². The minimum Gasteiger partial charge on any atom is -0.496 e. The molecule has 0 saturated heterocycles. The Hall–Kier alpha value is -1.38. The molecule has 112 valence electrons. The van der Waals surface area contributed by atoms with E-state index in [4.69, 9.17) is 14.2 Å². The number of hydrogen-bond donors (Lipinski definition) is 4. The van der Waals surface area contributed by atoms with Crippen molar-refractivity contribution in [2.75, 3.05) is 14.2 Å². The van der Waals surface area contributed by atoms with E-state index in [2.05, 4.69) is 0 Å². The molecule has 1 aromatic carbocycles. The van der Waals surface area contributed by atoms with Crippen LogP contribution in [-0.2, 0) is 17.8 Å². The number of fused-ring (bicyclic) bond motifs is 1. The number of aliphatic hydroxyl groups is 4.